The molecule has 4 heteroatoms. The van der Waals surface area contributed by atoms with Gasteiger partial charge in [0.2, 0.25) is 5.91 Å². The van der Waals surface area contributed by atoms with Gasteiger partial charge in [0.25, 0.3) is 0 Å². The highest BCUT2D eigenvalue weighted by Crippen LogP contribution is 2.20. The van der Waals surface area contributed by atoms with Crippen molar-refractivity contribution in [2.24, 2.45) is 5.92 Å². The van der Waals surface area contributed by atoms with Gasteiger partial charge >= 0.3 is 0 Å². The Kier molecular flexibility index (Phi) is 5.41. The van der Waals surface area contributed by atoms with Gasteiger partial charge in [-0.1, -0.05) is 18.2 Å². The van der Waals surface area contributed by atoms with E-state index < -0.39 is 0 Å². The second-order valence-corrected chi connectivity index (χ2v) is 5.61. The number of aromatic hydroxyl groups is 1. The van der Waals surface area contributed by atoms with Crippen LogP contribution in [0.1, 0.15) is 31.2 Å². The molecule has 20 heavy (non-hydrogen) atoms. The van der Waals surface area contributed by atoms with Crippen LogP contribution in [0.15, 0.2) is 24.3 Å². The minimum Gasteiger partial charge on any atom is -0.508 e. The number of carbonyl (C=O) groups excluding carboxylic acids is 1. The molecule has 1 aliphatic rings. The van der Waals surface area contributed by atoms with Crippen LogP contribution < -0.4 is 5.32 Å². The van der Waals surface area contributed by atoms with Gasteiger partial charge in [0.1, 0.15) is 5.75 Å². The Morgan fingerprint density at radius 1 is 1.35 bits per heavy atom. The van der Waals surface area contributed by atoms with E-state index in [2.05, 4.69) is 5.32 Å². The Morgan fingerprint density at radius 3 is 2.75 bits per heavy atom. The third-order valence-electron chi connectivity index (χ3n) is 4.05. The monoisotopic (exact) mass is 276 g/mol. The molecule has 2 rings (SSSR count). The number of hydrogen-bond donors (Lipinski definition) is 2. The van der Waals surface area contributed by atoms with Crippen LogP contribution >= 0.6 is 0 Å². The van der Waals surface area contributed by atoms with Crippen molar-refractivity contribution in [2.45, 2.75) is 32.2 Å². The minimum absolute atomic E-state index is 0.159. The lowest BCUT2D eigenvalue weighted by Gasteiger charge is -2.23. The van der Waals surface area contributed by atoms with Crippen molar-refractivity contribution < 1.29 is 9.90 Å². The molecule has 1 fully saturated rings. The van der Waals surface area contributed by atoms with E-state index >= 15 is 0 Å². The maximum Gasteiger partial charge on any atom is 0.222 e. The number of amides is 1. The summed E-state index contributed by atoms with van der Waals surface area (Å²) < 4.78 is 0. The van der Waals surface area contributed by atoms with Gasteiger partial charge in [0.05, 0.1) is 0 Å². The number of benzene rings is 1. The van der Waals surface area contributed by atoms with Gasteiger partial charge < -0.3 is 15.3 Å². The number of hydrogen-bond acceptors (Lipinski definition) is 3. The van der Waals surface area contributed by atoms with Gasteiger partial charge in [-0.2, -0.15) is 0 Å². The molecule has 4 nitrogen and oxygen atoms in total. The maximum atomic E-state index is 12.1. The van der Waals surface area contributed by atoms with Crippen molar-refractivity contribution in [3.8, 4) is 5.75 Å². The van der Waals surface area contributed by atoms with Crippen LogP contribution in [0.2, 0.25) is 0 Å². The highest BCUT2D eigenvalue weighted by Gasteiger charge is 2.16. The molecule has 0 aliphatic carbocycles. The average Bonchev–Trinajstić information content (AvgIpc) is 2.48. The average molecular weight is 276 g/mol. The maximum absolute atomic E-state index is 12.1. The quantitative estimate of drug-likeness (QED) is 0.866. The fourth-order valence-electron chi connectivity index (χ4n) is 2.68. The van der Waals surface area contributed by atoms with E-state index in [1.54, 1.807) is 24.1 Å². The lowest BCUT2D eigenvalue weighted by molar-refractivity contribution is -0.130. The van der Waals surface area contributed by atoms with Gasteiger partial charge in [-0.25, -0.2) is 0 Å². The molecule has 0 aromatic heterocycles. The smallest absolute Gasteiger partial charge is 0.222 e. The lowest BCUT2D eigenvalue weighted by atomic mass is 9.93. The Balaban J connectivity index is 1.78. The van der Waals surface area contributed by atoms with Crippen LogP contribution in [0.4, 0.5) is 0 Å². The normalized spacial score (nSPS) is 16.1. The molecule has 1 aromatic rings. The first-order chi connectivity index (χ1) is 9.66. The summed E-state index contributed by atoms with van der Waals surface area (Å²) >= 11 is 0. The van der Waals surface area contributed by atoms with Crippen LogP contribution in [-0.4, -0.2) is 36.1 Å². The highest BCUT2D eigenvalue weighted by molar-refractivity contribution is 5.75. The highest BCUT2D eigenvalue weighted by atomic mass is 16.3. The molecule has 1 heterocycles. The Labute approximate surface area is 120 Å². The van der Waals surface area contributed by atoms with Gasteiger partial charge in [-0.05, 0) is 44.3 Å². The van der Waals surface area contributed by atoms with Crippen molar-refractivity contribution in [2.75, 3.05) is 20.1 Å². The van der Waals surface area contributed by atoms with Gasteiger partial charge in [-0.15, -0.1) is 0 Å². The Morgan fingerprint density at radius 2 is 2.05 bits per heavy atom. The fourth-order valence-corrected chi connectivity index (χ4v) is 2.68. The zero-order valence-corrected chi connectivity index (χ0v) is 12.1. The summed E-state index contributed by atoms with van der Waals surface area (Å²) in [5.41, 5.74) is 0.796. The van der Waals surface area contributed by atoms with E-state index in [1.807, 2.05) is 12.1 Å². The van der Waals surface area contributed by atoms with E-state index in [0.29, 0.717) is 18.9 Å². The predicted molar refractivity (Wildman–Crippen MR) is 79.4 cm³/mol. The minimum atomic E-state index is 0.159. The molecular formula is C16H24N2O2. The second-order valence-electron chi connectivity index (χ2n) is 5.61. The third kappa shape index (κ3) is 4.23. The van der Waals surface area contributed by atoms with Crippen LogP contribution in [-0.2, 0) is 11.3 Å². The summed E-state index contributed by atoms with van der Waals surface area (Å²) in [6.07, 6.45) is 3.94. The zero-order chi connectivity index (χ0) is 14.4. The summed E-state index contributed by atoms with van der Waals surface area (Å²) in [6, 6.07) is 7.18. The summed E-state index contributed by atoms with van der Waals surface area (Å²) in [5, 5.41) is 13.1. The summed E-state index contributed by atoms with van der Waals surface area (Å²) in [4.78, 5) is 13.8. The Hall–Kier alpha value is -1.55. The molecule has 0 bridgehead atoms. The van der Waals surface area contributed by atoms with Gasteiger partial charge in [0.15, 0.2) is 0 Å². The first kappa shape index (κ1) is 14.9. The molecule has 1 aromatic carbocycles. The number of phenols is 1. The van der Waals surface area contributed by atoms with Crippen molar-refractivity contribution >= 4 is 5.91 Å². The summed E-state index contributed by atoms with van der Waals surface area (Å²) in [5.74, 6) is 1.09. The second kappa shape index (κ2) is 7.29. The molecular weight excluding hydrogens is 252 g/mol. The summed E-state index contributed by atoms with van der Waals surface area (Å²) in [7, 11) is 1.80. The fraction of sp³-hybridized carbons (Fsp3) is 0.562. The van der Waals surface area contributed by atoms with E-state index in [1.165, 1.54) is 12.8 Å². The number of rotatable bonds is 5. The van der Waals surface area contributed by atoms with Crippen molar-refractivity contribution in [1.82, 2.24) is 10.2 Å². The Bertz CT molecular complexity index is 442. The van der Waals surface area contributed by atoms with Crippen LogP contribution in [0.25, 0.3) is 0 Å². The summed E-state index contributed by atoms with van der Waals surface area (Å²) in [6.45, 7) is 2.62. The number of nitrogens with one attached hydrogen (secondary N) is 1. The van der Waals surface area contributed by atoms with E-state index in [0.717, 1.165) is 25.1 Å². The van der Waals surface area contributed by atoms with Gasteiger partial charge in [0, 0.05) is 25.6 Å². The molecule has 1 saturated heterocycles. The van der Waals surface area contributed by atoms with Crippen LogP contribution in [0.5, 0.6) is 5.75 Å². The van der Waals surface area contributed by atoms with E-state index in [4.69, 9.17) is 0 Å². The molecule has 0 spiro atoms. The first-order valence-corrected chi connectivity index (χ1v) is 7.38. The van der Waals surface area contributed by atoms with E-state index in [-0.39, 0.29) is 11.7 Å². The van der Waals surface area contributed by atoms with Crippen molar-refractivity contribution in [3.63, 3.8) is 0 Å². The van der Waals surface area contributed by atoms with Crippen molar-refractivity contribution in [3.05, 3.63) is 29.8 Å². The van der Waals surface area contributed by atoms with E-state index in [9.17, 15) is 9.90 Å². The first-order valence-electron chi connectivity index (χ1n) is 7.38. The van der Waals surface area contributed by atoms with Crippen LogP contribution in [0, 0.1) is 5.92 Å². The SMILES string of the molecule is CN(Cc1ccccc1O)C(=O)CCC1CCNCC1. The number of phenolic OH excluding ortho intramolecular Hbond substituents is 1. The lowest BCUT2D eigenvalue weighted by Crippen LogP contribution is -2.30. The molecule has 2 N–H and O–H groups in total. The molecule has 1 amide bonds. The molecule has 0 saturated carbocycles. The van der Waals surface area contributed by atoms with Crippen molar-refractivity contribution in [1.29, 1.82) is 0 Å². The third-order valence-corrected chi connectivity index (χ3v) is 4.05. The molecule has 0 radical (unpaired) electrons. The number of carbonyl (C=O) groups is 1. The molecule has 110 valence electrons. The molecule has 0 atom stereocenters. The van der Waals surface area contributed by atoms with Gasteiger partial charge in [-0.3, -0.25) is 4.79 Å². The van der Waals surface area contributed by atoms with Crippen LogP contribution in [0.3, 0.4) is 0 Å². The topological polar surface area (TPSA) is 52.6 Å². The molecule has 0 unspecified atom stereocenters. The molecule has 1 aliphatic heterocycles. The predicted octanol–water partition coefficient (Wildman–Crippen LogP) is 2.13. The largest absolute Gasteiger partial charge is 0.508 e. The zero-order valence-electron chi connectivity index (χ0n) is 12.1. The number of nitrogens with zero attached hydrogens (tertiary/aromatic N) is 1. The standard InChI is InChI=1S/C16H24N2O2/c1-18(12-14-4-2-3-5-15(14)19)16(20)7-6-13-8-10-17-11-9-13/h2-5,13,17,19H,6-12H2,1H3. The number of para-hydroxylation sites is 1. The number of piperidine rings is 1.